The number of benzene rings is 1. The maximum atomic E-state index is 11.8. The van der Waals surface area contributed by atoms with Crippen LogP contribution in [0.25, 0.3) is 0 Å². The van der Waals surface area contributed by atoms with Crippen LogP contribution in [0.4, 0.5) is 5.69 Å². The molecule has 1 aromatic rings. The molecule has 4 heteroatoms. The standard InChI is InChI=1S/C11H11NO3/c1-7-6-14-11(15-7)8-4-2-3-5-9(8)12-10(11)13/h2-5,7H,6H2,1H3,(H,12,13). The van der Waals surface area contributed by atoms with Crippen LogP contribution in [0.5, 0.6) is 0 Å². The first-order chi connectivity index (χ1) is 7.22. The zero-order valence-electron chi connectivity index (χ0n) is 8.32. The van der Waals surface area contributed by atoms with Gasteiger partial charge in [-0.1, -0.05) is 18.2 Å². The van der Waals surface area contributed by atoms with E-state index in [2.05, 4.69) is 5.32 Å². The van der Waals surface area contributed by atoms with Gasteiger partial charge in [0.15, 0.2) is 0 Å². The van der Waals surface area contributed by atoms with E-state index in [1.807, 2.05) is 31.2 Å². The van der Waals surface area contributed by atoms with Crippen molar-refractivity contribution in [2.75, 3.05) is 11.9 Å². The first kappa shape index (κ1) is 8.88. The summed E-state index contributed by atoms with van der Waals surface area (Å²) in [5, 5.41) is 2.76. The predicted molar refractivity (Wildman–Crippen MR) is 53.2 cm³/mol. The summed E-state index contributed by atoms with van der Waals surface area (Å²) in [5.41, 5.74) is 1.55. The van der Waals surface area contributed by atoms with Gasteiger partial charge in [0.25, 0.3) is 11.7 Å². The van der Waals surface area contributed by atoms with Gasteiger partial charge in [-0.15, -0.1) is 0 Å². The molecular formula is C11H11NO3. The fourth-order valence-electron chi connectivity index (χ4n) is 2.05. The van der Waals surface area contributed by atoms with E-state index in [1.165, 1.54) is 0 Å². The Morgan fingerprint density at radius 2 is 2.27 bits per heavy atom. The Morgan fingerprint density at radius 3 is 3.00 bits per heavy atom. The van der Waals surface area contributed by atoms with Gasteiger partial charge in [0.05, 0.1) is 18.4 Å². The van der Waals surface area contributed by atoms with Crippen LogP contribution in [0.15, 0.2) is 24.3 Å². The summed E-state index contributed by atoms with van der Waals surface area (Å²) in [7, 11) is 0. The zero-order chi connectivity index (χ0) is 10.5. The Labute approximate surface area is 87.2 Å². The van der Waals surface area contributed by atoms with Gasteiger partial charge < -0.3 is 14.8 Å². The average molecular weight is 205 g/mol. The lowest BCUT2D eigenvalue weighted by Crippen LogP contribution is -2.35. The topological polar surface area (TPSA) is 47.6 Å². The van der Waals surface area contributed by atoms with Gasteiger partial charge in [-0.05, 0) is 13.0 Å². The molecule has 1 aromatic carbocycles. The minimum Gasteiger partial charge on any atom is -0.336 e. The van der Waals surface area contributed by atoms with Crippen molar-refractivity contribution in [3.63, 3.8) is 0 Å². The molecule has 4 nitrogen and oxygen atoms in total. The number of hydrogen-bond donors (Lipinski definition) is 1. The van der Waals surface area contributed by atoms with Crippen LogP contribution in [0.3, 0.4) is 0 Å². The molecule has 1 amide bonds. The molecule has 3 rings (SSSR count). The normalized spacial score (nSPS) is 33.1. The minimum absolute atomic E-state index is 0.0538. The Kier molecular flexibility index (Phi) is 1.66. The maximum absolute atomic E-state index is 11.8. The predicted octanol–water partition coefficient (Wildman–Crippen LogP) is 1.23. The van der Waals surface area contributed by atoms with Crippen molar-refractivity contribution in [1.29, 1.82) is 0 Å². The number of ether oxygens (including phenoxy) is 2. The van der Waals surface area contributed by atoms with Crippen LogP contribution in [0.2, 0.25) is 0 Å². The van der Waals surface area contributed by atoms with Crippen molar-refractivity contribution in [1.82, 2.24) is 0 Å². The summed E-state index contributed by atoms with van der Waals surface area (Å²) in [6, 6.07) is 7.44. The minimum atomic E-state index is -1.20. The van der Waals surface area contributed by atoms with Gasteiger partial charge in [0.2, 0.25) is 0 Å². The first-order valence-corrected chi connectivity index (χ1v) is 4.95. The number of amides is 1. The van der Waals surface area contributed by atoms with Gasteiger partial charge in [0, 0.05) is 5.56 Å². The molecule has 0 bridgehead atoms. The first-order valence-electron chi connectivity index (χ1n) is 4.95. The summed E-state index contributed by atoms with van der Waals surface area (Å²) < 4.78 is 11.1. The number of rotatable bonds is 0. The second kappa shape index (κ2) is 2.81. The Hall–Kier alpha value is -1.39. The van der Waals surface area contributed by atoms with E-state index >= 15 is 0 Å². The smallest absolute Gasteiger partial charge is 0.289 e. The lowest BCUT2D eigenvalue weighted by atomic mass is 10.1. The van der Waals surface area contributed by atoms with Gasteiger partial charge in [-0.3, -0.25) is 4.79 Å². The monoisotopic (exact) mass is 205 g/mol. The van der Waals surface area contributed by atoms with Crippen LogP contribution in [0.1, 0.15) is 12.5 Å². The van der Waals surface area contributed by atoms with Gasteiger partial charge in [-0.25, -0.2) is 0 Å². The molecule has 1 saturated heterocycles. The number of carbonyl (C=O) groups excluding carboxylic acids is 1. The second-order valence-corrected chi connectivity index (χ2v) is 3.86. The van der Waals surface area contributed by atoms with Gasteiger partial charge >= 0.3 is 0 Å². The van der Waals surface area contributed by atoms with E-state index in [4.69, 9.17) is 9.47 Å². The molecule has 1 N–H and O–H groups in total. The van der Waals surface area contributed by atoms with Gasteiger partial charge in [0.1, 0.15) is 0 Å². The average Bonchev–Trinajstić information content (AvgIpc) is 2.73. The summed E-state index contributed by atoms with van der Waals surface area (Å²) in [5.74, 6) is -1.43. The fourth-order valence-corrected chi connectivity index (χ4v) is 2.05. The number of hydrogen-bond acceptors (Lipinski definition) is 3. The Morgan fingerprint density at radius 1 is 1.47 bits per heavy atom. The van der Waals surface area contributed by atoms with Crippen LogP contribution >= 0.6 is 0 Å². The number of para-hydroxylation sites is 1. The molecule has 2 aliphatic heterocycles. The molecule has 1 fully saturated rings. The highest BCUT2D eigenvalue weighted by Gasteiger charge is 2.54. The molecular weight excluding hydrogens is 194 g/mol. The van der Waals surface area contributed by atoms with Crippen molar-refractivity contribution in [2.24, 2.45) is 0 Å². The molecule has 15 heavy (non-hydrogen) atoms. The van der Waals surface area contributed by atoms with Crippen LogP contribution < -0.4 is 5.32 Å². The van der Waals surface area contributed by atoms with Crippen LogP contribution in [-0.2, 0) is 20.1 Å². The van der Waals surface area contributed by atoms with Crippen molar-refractivity contribution < 1.29 is 14.3 Å². The summed E-state index contributed by atoms with van der Waals surface area (Å²) in [6.07, 6.45) is -0.0538. The second-order valence-electron chi connectivity index (χ2n) is 3.86. The third-order valence-corrected chi connectivity index (χ3v) is 2.72. The van der Waals surface area contributed by atoms with Gasteiger partial charge in [-0.2, -0.15) is 0 Å². The maximum Gasteiger partial charge on any atom is 0.289 e. The number of carbonyl (C=O) groups is 1. The van der Waals surface area contributed by atoms with Crippen molar-refractivity contribution >= 4 is 11.6 Å². The van der Waals surface area contributed by atoms with E-state index in [0.29, 0.717) is 6.61 Å². The van der Waals surface area contributed by atoms with E-state index in [-0.39, 0.29) is 12.0 Å². The van der Waals surface area contributed by atoms with E-state index in [9.17, 15) is 4.79 Å². The highest BCUT2D eigenvalue weighted by molar-refractivity contribution is 6.04. The van der Waals surface area contributed by atoms with E-state index in [1.54, 1.807) is 0 Å². The quantitative estimate of drug-likeness (QED) is 0.692. The third kappa shape index (κ3) is 1.06. The van der Waals surface area contributed by atoms with Crippen molar-refractivity contribution in [2.45, 2.75) is 18.8 Å². The van der Waals surface area contributed by atoms with Crippen LogP contribution in [0, 0.1) is 0 Å². The highest BCUT2D eigenvalue weighted by atomic mass is 16.8. The number of anilines is 1. The summed E-state index contributed by atoms with van der Waals surface area (Å²) in [4.78, 5) is 11.8. The lowest BCUT2D eigenvalue weighted by Gasteiger charge is -2.19. The molecule has 0 aliphatic carbocycles. The SMILES string of the molecule is CC1COC2(O1)C(=O)Nc1ccccc12. The largest absolute Gasteiger partial charge is 0.336 e. The molecule has 2 aliphatic rings. The molecule has 2 unspecified atom stereocenters. The third-order valence-electron chi connectivity index (χ3n) is 2.72. The van der Waals surface area contributed by atoms with Crippen LogP contribution in [-0.4, -0.2) is 18.6 Å². The zero-order valence-corrected chi connectivity index (χ0v) is 8.32. The Bertz CT molecular complexity index is 432. The van der Waals surface area contributed by atoms with E-state index < -0.39 is 5.79 Å². The molecule has 2 atom stereocenters. The lowest BCUT2D eigenvalue weighted by molar-refractivity contribution is -0.183. The highest BCUT2D eigenvalue weighted by Crippen LogP contribution is 2.43. The molecule has 0 radical (unpaired) electrons. The molecule has 0 aromatic heterocycles. The van der Waals surface area contributed by atoms with Crippen molar-refractivity contribution in [3.8, 4) is 0 Å². The molecule has 0 saturated carbocycles. The molecule has 2 heterocycles. The molecule has 78 valence electrons. The summed E-state index contributed by atoms with van der Waals surface area (Å²) in [6.45, 7) is 2.34. The number of nitrogens with one attached hydrogen (secondary N) is 1. The number of fused-ring (bicyclic) bond motifs is 2. The Balaban J connectivity index is 2.13. The molecule has 1 spiro atoms. The fraction of sp³-hybridized carbons (Fsp3) is 0.364. The van der Waals surface area contributed by atoms with Crippen molar-refractivity contribution in [3.05, 3.63) is 29.8 Å². The summed E-state index contributed by atoms with van der Waals surface area (Å²) >= 11 is 0. The van der Waals surface area contributed by atoms with E-state index in [0.717, 1.165) is 11.3 Å².